The van der Waals surface area contributed by atoms with E-state index in [1.54, 1.807) is 0 Å². The second-order valence-electron chi connectivity index (χ2n) is 5.92. The highest BCUT2D eigenvalue weighted by Gasteiger charge is 2.23. The number of aliphatic hydroxyl groups excluding tert-OH is 1. The maximum atomic E-state index is 11.8. The molecule has 0 aliphatic carbocycles. The van der Waals surface area contributed by atoms with Gasteiger partial charge in [0.25, 0.3) is 0 Å². The van der Waals surface area contributed by atoms with Crippen LogP contribution in [-0.2, 0) is 11.2 Å². The molecule has 0 aliphatic rings. The molecule has 1 unspecified atom stereocenters. The van der Waals surface area contributed by atoms with Gasteiger partial charge in [0.2, 0.25) is 0 Å². The van der Waals surface area contributed by atoms with Crippen molar-refractivity contribution < 1.29 is 14.6 Å². The molecular formula is C16H25NO3. The summed E-state index contributed by atoms with van der Waals surface area (Å²) < 4.78 is 5.24. The minimum atomic E-state index is -0.595. The Morgan fingerprint density at radius 1 is 1.30 bits per heavy atom. The van der Waals surface area contributed by atoms with Crippen LogP contribution in [-0.4, -0.2) is 28.9 Å². The predicted molar refractivity (Wildman–Crippen MR) is 79.6 cm³/mol. The lowest BCUT2D eigenvalue weighted by Gasteiger charge is -2.26. The lowest BCUT2D eigenvalue weighted by molar-refractivity contribution is 0.0419. The molecule has 112 valence electrons. The van der Waals surface area contributed by atoms with E-state index in [0.29, 0.717) is 12.8 Å². The summed E-state index contributed by atoms with van der Waals surface area (Å²) in [6, 6.07) is 9.43. The van der Waals surface area contributed by atoms with Gasteiger partial charge in [-0.1, -0.05) is 37.3 Å². The zero-order valence-corrected chi connectivity index (χ0v) is 12.7. The smallest absolute Gasteiger partial charge is 0.407 e. The molecule has 0 saturated carbocycles. The Kier molecular flexibility index (Phi) is 6.02. The highest BCUT2D eigenvalue weighted by Crippen LogP contribution is 2.11. The maximum Gasteiger partial charge on any atom is 0.407 e. The van der Waals surface area contributed by atoms with Gasteiger partial charge in [0.1, 0.15) is 5.60 Å². The Hall–Kier alpha value is -1.55. The summed E-state index contributed by atoms with van der Waals surface area (Å²) in [4.78, 5) is 11.8. The summed E-state index contributed by atoms with van der Waals surface area (Å²) in [5.74, 6) is 0. The number of benzene rings is 1. The number of hydrogen-bond acceptors (Lipinski definition) is 3. The Morgan fingerprint density at radius 3 is 2.40 bits per heavy atom. The Bertz CT molecular complexity index is 411. The molecule has 0 bridgehead atoms. The zero-order valence-electron chi connectivity index (χ0n) is 12.7. The third kappa shape index (κ3) is 6.06. The van der Waals surface area contributed by atoms with Gasteiger partial charge >= 0.3 is 6.09 Å². The van der Waals surface area contributed by atoms with Crippen LogP contribution >= 0.6 is 0 Å². The summed E-state index contributed by atoms with van der Waals surface area (Å²) in [6.07, 6.45) is 0.0659. The van der Waals surface area contributed by atoms with Crippen LogP contribution in [0.25, 0.3) is 0 Å². The second kappa shape index (κ2) is 7.29. The molecule has 0 aliphatic heterocycles. The van der Waals surface area contributed by atoms with E-state index in [1.165, 1.54) is 0 Å². The molecule has 1 amide bonds. The average molecular weight is 279 g/mol. The molecule has 0 radical (unpaired) electrons. The summed E-state index contributed by atoms with van der Waals surface area (Å²) in [5, 5.41) is 12.8. The van der Waals surface area contributed by atoms with Crippen LogP contribution in [0.15, 0.2) is 30.3 Å². The molecule has 0 heterocycles. The second-order valence-corrected chi connectivity index (χ2v) is 5.92. The minimum Gasteiger partial charge on any atom is -0.444 e. The molecule has 1 rings (SSSR count). The van der Waals surface area contributed by atoms with E-state index in [2.05, 4.69) is 5.32 Å². The number of rotatable bonds is 5. The van der Waals surface area contributed by atoms with E-state index in [-0.39, 0.29) is 6.04 Å². The molecule has 0 spiro atoms. The third-order valence-corrected chi connectivity index (χ3v) is 2.88. The molecule has 1 aromatic rings. The van der Waals surface area contributed by atoms with E-state index in [0.717, 1.165) is 5.56 Å². The summed E-state index contributed by atoms with van der Waals surface area (Å²) in [5.41, 5.74) is 0.527. The van der Waals surface area contributed by atoms with Crippen molar-refractivity contribution in [3.63, 3.8) is 0 Å². The summed E-state index contributed by atoms with van der Waals surface area (Å²) in [6.45, 7) is 7.33. The van der Waals surface area contributed by atoms with Gasteiger partial charge in [-0.15, -0.1) is 0 Å². The monoisotopic (exact) mass is 279 g/mol. The first-order valence-corrected chi connectivity index (χ1v) is 7.03. The first kappa shape index (κ1) is 16.5. The average Bonchev–Trinajstić information content (AvgIpc) is 2.36. The topological polar surface area (TPSA) is 58.6 Å². The van der Waals surface area contributed by atoms with Crippen molar-refractivity contribution in [3.05, 3.63) is 35.9 Å². The van der Waals surface area contributed by atoms with E-state index in [1.807, 2.05) is 58.0 Å². The molecule has 0 saturated heterocycles. The fourth-order valence-corrected chi connectivity index (χ4v) is 1.89. The normalized spacial score (nSPS) is 14.4. The van der Waals surface area contributed by atoms with Crippen molar-refractivity contribution in [1.82, 2.24) is 5.32 Å². The fourth-order valence-electron chi connectivity index (χ4n) is 1.89. The number of hydrogen-bond donors (Lipinski definition) is 2. The van der Waals surface area contributed by atoms with Gasteiger partial charge < -0.3 is 15.2 Å². The third-order valence-electron chi connectivity index (χ3n) is 2.88. The first-order chi connectivity index (χ1) is 9.31. The van der Waals surface area contributed by atoms with Crippen molar-refractivity contribution in [3.8, 4) is 0 Å². The van der Waals surface area contributed by atoms with Gasteiger partial charge in [0.05, 0.1) is 12.1 Å². The SMILES string of the molecule is CC[C@@H](O)C(Cc1ccccc1)NC(=O)OC(C)(C)C. The van der Waals surface area contributed by atoms with Crippen LogP contribution in [0.2, 0.25) is 0 Å². The van der Waals surface area contributed by atoms with Gasteiger partial charge in [0.15, 0.2) is 0 Å². The number of ether oxygens (including phenoxy) is 1. The van der Waals surface area contributed by atoms with Crippen LogP contribution in [0.3, 0.4) is 0 Å². The minimum absolute atomic E-state index is 0.350. The highest BCUT2D eigenvalue weighted by molar-refractivity contribution is 5.68. The molecule has 1 aromatic carbocycles. The van der Waals surface area contributed by atoms with Crippen molar-refractivity contribution >= 4 is 6.09 Å². The predicted octanol–water partition coefficient (Wildman–Crippen LogP) is 2.89. The van der Waals surface area contributed by atoms with E-state index in [9.17, 15) is 9.90 Å². The number of amides is 1. The van der Waals surface area contributed by atoms with Crippen molar-refractivity contribution in [1.29, 1.82) is 0 Å². The largest absolute Gasteiger partial charge is 0.444 e. The van der Waals surface area contributed by atoms with Crippen molar-refractivity contribution in [2.24, 2.45) is 0 Å². The molecular weight excluding hydrogens is 254 g/mol. The van der Waals surface area contributed by atoms with Gasteiger partial charge in [-0.2, -0.15) is 0 Å². The number of carbonyl (C=O) groups is 1. The van der Waals surface area contributed by atoms with E-state index >= 15 is 0 Å². The summed E-state index contributed by atoms with van der Waals surface area (Å²) in [7, 11) is 0. The van der Waals surface area contributed by atoms with Crippen LogP contribution in [0.5, 0.6) is 0 Å². The molecule has 0 aromatic heterocycles. The van der Waals surface area contributed by atoms with E-state index in [4.69, 9.17) is 4.74 Å². The Balaban J connectivity index is 2.68. The number of aliphatic hydroxyl groups is 1. The molecule has 2 N–H and O–H groups in total. The molecule has 4 heteroatoms. The highest BCUT2D eigenvalue weighted by atomic mass is 16.6. The Labute approximate surface area is 121 Å². The van der Waals surface area contributed by atoms with Gasteiger partial charge in [-0.25, -0.2) is 4.79 Å². The number of alkyl carbamates (subject to hydrolysis) is 1. The van der Waals surface area contributed by atoms with Crippen LogP contribution in [0.4, 0.5) is 4.79 Å². The maximum absolute atomic E-state index is 11.8. The van der Waals surface area contributed by atoms with E-state index < -0.39 is 17.8 Å². The van der Waals surface area contributed by atoms with Crippen LogP contribution in [0.1, 0.15) is 39.7 Å². The number of carbonyl (C=O) groups excluding carboxylic acids is 1. The molecule has 20 heavy (non-hydrogen) atoms. The lowest BCUT2D eigenvalue weighted by Crippen LogP contribution is -2.46. The first-order valence-electron chi connectivity index (χ1n) is 7.03. The summed E-state index contributed by atoms with van der Waals surface area (Å²) >= 11 is 0. The lowest BCUT2D eigenvalue weighted by atomic mass is 10.00. The Morgan fingerprint density at radius 2 is 1.90 bits per heavy atom. The molecule has 4 nitrogen and oxygen atoms in total. The zero-order chi connectivity index (χ0) is 15.2. The van der Waals surface area contributed by atoms with Gasteiger partial charge in [-0.3, -0.25) is 0 Å². The fraction of sp³-hybridized carbons (Fsp3) is 0.562. The molecule has 0 fully saturated rings. The quantitative estimate of drug-likeness (QED) is 0.871. The number of nitrogens with one attached hydrogen (secondary N) is 1. The van der Waals surface area contributed by atoms with Crippen LogP contribution in [0, 0.1) is 0 Å². The van der Waals surface area contributed by atoms with Crippen molar-refractivity contribution in [2.75, 3.05) is 0 Å². The van der Waals surface area contributed by atoms with Gasteiger partial charge in [0, 0.05) is 0 Å². The van der Waals surface area contributed by atoms with Crippen LogP contribution < -0.4 is 5.32 Å². The standard InChI is InChI=1S/C16H25NO3/c1-5-14(18)13(11-12-9-7-6-8-10-12)17-15(19)20-16(2,3)4/h6-10,13-14,18H,5,11H2,1-4H3,(H,17,19)/t13?,14-/m1/s1. The van der Waals surface area contributed by atoms with Crippen molar-refractivity contribution in [2.45, 2.75) is 58.3 Å². The molecule has 2 atom stereocenters. The van der Waals surface area contributed by atoms with Gasteiger partial charge in [-0.05, 0) is 39.2 Å².